The summed E-state index contributed by atoms with van der Waals surface area (Å²) in [6.07, 6.45) is 3.44. The van der Waals surface area contributed by atoms with Gasteiger partial charge in [-0.05, 0) is 30.2 Å². The fraction of sp³-hybridized carbons (Fsp3) is 0.185. The first kappa shape index (κ1) is 22.5. The molecule has 0 bridgehead atoms. The van der Waals surface area contributed by atoms with Crippen LogP contribution in [0.1, 0.15) is 33.2 Å². The third-order valence-corrected chi connectivity index (χ3v) is 6.63. The average Bonchev–Trinajstić information content (AvgIpc) is 3.60. The standard InChI is InChI=1S/C27H22FN7O2/c1-33-9-8-16(32-33)6-4-15-5-7-17-23(14-37-24(17)10-15)34(2)27(36)18-11-19-22(12-21(18)28)31-26(29)20-13-30-35(3)25(19)20/h5,7-13,23H,14H2,1-3H3,(H2,29,31)/t23-/m1/s1. The molecule has 2 N–H and O–H groups in total. The van der Waals surface area contributed by atoms with Gasteiger partial charge in [0.05, 0.1) is 34.2 Å². The highest BCUT2D eigenvalue weighted by Crippen LogP contribution is 2.37. The number of pyridine rings is 1. The van der Waals surface area contributed by atoms with E-state index in [1.807, 2.05) is 37.5 Å². The maximum atomic E-state index is 15.1. The number of anilines is 1. The monoisotopic (exact) mass is 495 g/mol. The minimum Gasteiger partial charge on any atom is -0.491 e. The van der Waals surface area contributed by atoms with E-state index < -0.39 is 11.7 Å². The molecular weight excluding hydrogens is 473 g/mol. The molecule has 0 aliphatic carbocycles. The van der Waals surface area contributed by atoms with Crippen LogP contribution in [-0.2, 0) is 14.1 Å². The lowest BCUT2D eigenvalue weighted by Gasteiger charge is -2.24. The van der Waals surface area contributed by atoms with Crippen molar-refractivity contribution in [2.24, 2.45) is 14.1 Å². The van der Waals surface area contributed by atoms with Gasteiger partial charge in [-0.15, -0.1) is 0 Å². The summed E-state index contributed by atoms with van der Waals surface area (Å²) in [7, 11) is 5.24. The van der Waals surface area contributed by atoms with Crippen molar-refractivity contribution in [1.29, 1.82) is 0 Å². The fourth-order valence-electron chi connectivity index (χ4n) is 4.68. The van der Waals surface area contributed by atoms with Crippen LogP contribution in [0.2, 0.25) is 0 Å². The number of nitrogens with two attached hydrogens (primary N) is 1. The van der Waals surface area contributed by atoms with Crippen molar-refractivity contribution in [3.05, 3.63) is 77.0 Å². The average molecular weight is 496 g/mol. The molecule has 1 aliphatic rings. The molecule has 10 heteroatoms. The lowest BCUT2D eigenvalue weighted by atomic mass is 10.0. The Bertz CT molecular complexity index is 1790. The molecule has 2 aromatic carbocycles. The molecule has 0 saturated carbocycles. The SMILES string of the molecule is CN(C(=O)c1cc2c(cc1F)nc(N)c1cnn(C)c12)[C@@H]1COc2cc(C#Cc3ccn(C)n3)ccc21. The number of ether oxygens (including phenoxy) is 1. The van der Waals surface area contributed by atoms with Crippen LogP contribution >= 0.6 is 0 Å². The summed E-state index contributed by atoms with van der Waals surface area (Å²) >= 11 is 0. The molecule has 0 unspecified atom stereocenters. The van der Waals surface area contributed by atoms with Crippen LogP contribution in [0.25, 0.3) is 21.8 Å². The number of fused-ring (bicyclic) bond motifs is 4. The van der Waals surface area contributed by atoms with Crippen LogP contribution in [-0.4, -0.2) is 49.0 Å². The summed E-state index contributed by atoms with van der Waals surface area (Å²) in [5.74, 6) is 5.88. The molecule has 0 spiro atoms. The zero-order valence-corrected chi connectivity index (χ0v) is 20.4. The fourth-order valence-corrected chi connectivity index (χ4v) is 4.68. The molecule has 0 radical (unpaired) electrons. The Morgan fingerprint density at radius 1 is 1.19 bits per heavy atom. The lowest BCUT2D eigenvalue weighted by Crippen LogP contribution is -2.32. The zero-order chi connectivity index (χ0) is 25.8. The summed E-state index contributed by atoms with van der Waals surface area (Å²) in [4.78, 5) is 19.3. The van der Waals surface area contributed by atoms with E-state index in [0.717, 1.165) is 11.1 Å². The molecule has 3 aromatic heterocycles. The number of rotatable bonds is 2. The van der Waals surface area contributed by atoms with Gasteiger partial charge >= 0.3 is 0 Å². The number of aromatic nitrogens is 5. The van der Waals surface area contributed by atoms with Gasteiger partial charge in [0.1, 0.15) is 29.7 Å². The molecule has 0 saturated heterocycles. The van der Waals surface area contributed by atoms with E-state index in [1.165, 1.54) is 17.0 Å². The second-order valence-electron chi connectivity index (χ2n) is 9.00. The molecule has 5 aromatic rings. The third-order valence-electron chi connectivity index (χ3n) is 6.63. The summed E-state index contributed by atoms with van der Waals surface area (Å²) in [5, 5.41) is 9.74. The van der Waals surface area contributed by atoms with Crippen LogP contribution in [0, 0.1) is 17.7 Å². The minimum atomic E-state index is -0.669. The van der Waals surface area contributed by atoms with Crippen molar-refractivity contribution in [1.82, 2.24) is 29.4 Å². The maximum absolute atomic E-state index is 15.1. The van der Waals surface area contributed by atoms with Crippen LogP contribution < -0.4 is 10.5 Å². The Morgan fingerprint density at radius 2 is 2.03 bits per heavy atom. The van der Waals surface area contributed by atoms with Crippen LogP contribution in [0.4, 0.5) is 10.2 Å². The molecule has 0 fully saturated rings. The number of benzene rings is 2. The Hall–Kier alpha value is -4.91. The van der Waals surface area contributed by atoms with Crippen LogP contribution in [0.5, 0.6) is 5.75 Å². The van der Waals surface area contributed by atoms with Gasteiger partial charge in [-0.25, -0.2) is 9.37 Å². The van der Waals surface area contributed by atoms with Crippen LogP contribution in [0.3, 0.4) is 0 Å². The number of hydrogen-bond donors (Lipinski definition) is 1. The number of carbonyl (C=O) groups is 1. The number of amides is 1. The van der Waals surface area contributed by atoms with Gasteiger partial charge in [0.15, 0.2) is 0 Å². The van der Waals surface area contributed by atoms with Gasteiger partial charge < -0.3 is 15.4 Å². The summed E-state index contributed by atoms with van der Waals surface area (Å²) in [6, 6.07) is 9.83. The molecule has 1 aliphatic heterocycles. The molecule has 6 rings (SSSR count). The van der Waals surface area contributed by atoms with Gasteiger partial charge in [0.25, 0.3) is 5.91 Å². The number of nitrogens with zero attached hydrogens (tertiary/aromatic N) is 6. The predicted octanol–water partition coefficient (Wildman–Crippen LogP) is 3.18. The Balaban J connectivity index is 1.32. The lowest BCUT2D eigenvalue weighted by molar-refractivity contribution is 0.0704. The number of nitrogen functional groups attached to an aromatic ring is 1. The normalized spacial score (nSPS) is 14.3. The third kappa shape index (κ3) is 3.72. The van der Waals surface area contributed by atoms with E-state index in [-0.39, 0.29) is 24.0 Å². The van der Waals surface area contributed by atoms with E-state index in [0.29, 0.717) is 33.2 Å². The van der Waals surface area contributed by atoms with Crippen molar-refractivity contribution in [2.45, 2.75) is 6.04 Å². The Morgan fingerprint density at radius 3 is 2.81 bits per heavy atom. The minimum absolute atomic E-state index is 0.0598. The van der Waals surface area contributed by atoms with E-state index in [9.17, 15) is 4.79 Å². The highest BCUT2D eigenvalue weighted by Gasteiger charge is 2.32. The largest absolute Gasteiger partial charge is 0.491 e. The summed E-state index contributed by atoms with van der Waals surface area (Å²) in [6.45, 7) is 0.258. The Kier molecular flexibility index (Phi) is 5.08. The highest BCUT2D eigenvalue weighted by molar-refractivity contribution is 6.10. The second-order valence-corrected chi connectivity index (χ2v) is 9.00. The molecule has 4 heterocycles. The van der Waals surface area contributed by atoms with Crippen molar-refractivity contribution in [3.8, 4) is 17.6 Å². The van der Waals surface area contributed by atoms with E-state index in [4.69, 9.17) is 10.5 Å². The van der Waals surface area contributed by atoms with Gasteiger partial charge in [-0.2, -0.15) is 10.2 Å². The number of likely N-dealkylation sites (N-methyl/N-ethyl adjacent to an activating group) is 1. The first-order valence-electron chi connectivity index (χ1n) is 11.6. The summed E-state index contributed by atoms with van der Waals surface area (Å²) in [5.41, 5.74) is 9.30. The number of halogens is 1. The van der Waals surface area contributed by atoms with Crippen molar-refractivity contribution in [2.75, 3.05) is 19.4 Å². The number of aryl methyl sites for hydroxylation is 2. The van der Waals surface area contributed by atoms with E-state index in [1.54, 1.807) is 29.7 Å². The molecule has 37 heavy (non-hydrogen) atoms. The maximum Gasteiger partial charge on any atom is 0.257 e. The molecule has 1 atom stereocenters. The molecule has 1 amide bonds. The predicted molar refractivity (Wildman–Crippen MR) is 136 cm³/mol. The van der Waals surface area contributed by atoms with Crippen molar-refractivity contribution in [3.63, 3.8) is 0 Å². The molecule has 9 nitrogen and oxygen atoms in total. The quantitative estimate of drug-likeness (QED) is 0.377. The first-order valence-corrected chi connectivity index (χ1v) is 11.6. The number of carbonyl (C=O) groups excluding carboxylic acids is 1. The van der Waals surface area contributed by atoms with E-state index in [2.05, 4.69) is 27.0 Å². The number of hydrogen-bond acceptors (Lipinski definition) is 6. The van der Waals surface area contributed by atoms with Crippen molar-refractivity contribution >= 4 is 33.5 Å². The first-order chi connectivity index (χ1) is 17.8. The van der Waals surface area contributed by atoms with E-state index >= 15 is 4.39 Å². The smallest absolute Gasteiger partial charge is 0.257 e. The second kappa shape index (κ2) is 8.34. The molecule has 184 valence electrons. The topological polar surface area (TPSA) is 104 Å². The molecular formula is C27H22FN7O2. The zero-order valence-electron chi connectivity index (χ0n) is 20.4. The van der Waals surface area contributed by atoms with Crippen LogP contribution in [0.15, 0.2) is 48.8 Å². The van der Waals surface area contributed by atoms with Gasteiger partial charge in [-0.1, -0.05) is 12.0 Å². The van der Waals surface area contributed by atoms with Gasteiger partial charge in [0.2, 0.25) is 0 Å². The Labute approximate surface area is 211 Å². The highest BCUT2D eigenvalue weighted by atomic mass is 19.1. The van der Waals surface area contributed by atoms with Gasteiger partial charge in [0, 0.05) is 49.9 Å². The van der Waals surface area contributed by atoms with Crippen molar-refractivity contribution < 1.29 is 13.9 Å². The van der Waals surface area contributed by atoms with Gasteiger partial charge in [-0.3, -0.25) is 14.2 Å². The summed E-state index contributed by atoms with van der Waals surface area (Å²) < 4.78 is 24.4.